The lowest BCUT2D eigenvalue weighted by molar-refractivity contribution is 0.662. The monoisotopic (exact) mass is 670 g/mol. The second kappa shape index (κ2) is 10.3. The van der Waals surface area contributed by atoms with Gasteiger partial charge in [-0.2, -0.15) is 0 Å². The van der Waals surface area contributed by atoms with Crippen molar-refractivity contribution in [1.82, 2.24) is 0 Å². The molecule has 0 saturated carbocycles. The maximum atomic E-state index is 2.51. The highest BCUT2D eigenvalue weighted by Gasteiger charge is 2.37. The molecule has 0 aliphatic heterocycles. The molecule has 0 atom stereocenters. The van der Waals surface area contributed by atoms with Gasteiger partial charge < -0.3 is 0 Å². The molecule has 0 fully saturated rings. The Balaban J connectivity index is 1.02. The number of fused-ring (bicyclic) bond motifs is 11. The number of hydrogen-bond donors (Lipinski definition) is 0. The van der Waals surface area contributed by atoms with Crippen LogP contribution in [-0.2, 0) is 5.41 Å². The summed E-state index contributed by atoms with van der Waals surface area (Å²) < 4.78 is 0. The fraction of sp³-hybridized carbons (Fsp3) is 0.0566. The molecule has 53 heavy (non-hydrogen) atoms. The molecule has 0 heterocycles. The highest BCUT2D eigenvalue weighted by Crippen LogP contribution is 2.53. The van der Waals surface area contributed by atoms with E-state index in [9.17, 15) is 0 Å². The zero-order chi connectivity index (χ0) is 35.0. The van der Waals surface area contributed by atoms with Gasteiger partial charge in [-0.15, -0.1) is 0 Å². The molecular weight excluding hydrogens is 637 g/mol. The molecule has 0 heteroatoms. The zero-order valence-electron chi connectivity index (χ0n) is 29.7. The molecule has 0 aromatic heterocycles. The summed E-state index contributed by atoms with van der Waals surface area (Å²) in [6, 6.07) is 64.1. The molecule has 11 aromatic carbocycles. The summed E-state index contributed by atoms with van der Waals surface area (Å²) in [5.41, 5.74) is 10.5. The van der Waals surface area contributed by atoms with E-state index >= 15 is 0 Å². The predicted octanol–water partition coefficient (Wildman–Crippen LogP) is 14.8. The van der Waals surface area contributed by atoms with Crippen molar-refractivity contribution in [3.63, 3.8) is 0 Å². The third-order valence-corrected chi connectivity index (χ3v) is 12.6. The molecule has 0 saturated heterocycles. The second-order valence-electron chi connectivity index (χ2n) is 15.6. The lowest BCUT2D eigenvalue weighted by atomic mass is 9.81. The Hall–Kier alpha value is -6.50. The normalized spacial score (nSPS) is 13.6. The minimum atomic E-state index is -0.0861. The number of rotatable bonds is 2. The molecule has 246 valence electrons. The van der Waals surface area contributed by atoms with Crippen molar-refractivity contribution in [2.24, 2.45) is 0 Å². The van der Waals surface area contributed by atoms with Gasteiger partial charge in [0.05, 0.1) is 0 Å². The van der Waals surface area contributed by atoms with E-state index in [1.165, 1.54) is 120 Å². The van der Waals surface area contributed by atoms with Crippen LogP contribution in [0.5, 0.6) is 0 Å². The lowest BCUT2D eigenvalue weighted by Crippen LogP contribution is -2.14. The fourth-order valence-electron chi connectivity index (χ4n) is 9.96. The molecule has 1 aliphatic rings. The first-order chi connectivity index (χ1) is 26.0. The summed E-state index contributed by atoms with van der Waals surface area (Å²) in [5.74, 6) is 0. The van der Waals surface area contributed by atoms with E-state index < -0.39 is 0 Å². The van der Waals surface area contributed by atoms with Crippen molar-refractivity contribution in [3.8, 4) is 33.4 Å². The first-order valence-electron chi connectivity index (χ1n) is 18.8. The van der Waals surface area contributed by atoms with Crippen LogP contribution in [0.25, 0.3) is 109 Å². The van der Waals surface area contributed by atoms with Crippen LogP contribution in [0.4, 0.5) is 0 Å². The van der Waals surface area contributed by atoms with Gasteiger partial charge in [-0.25, -0.2) is 0 Å². The average Bonchev–Trinajstić information content (AvgIpc) is 3.44. The topological polar surface area (TPSA) is 0 Å². The summed E-state index contributed by atoms with van der Waals surface area (Å²) in [6.07, 6.45) is 0. The third kappa shape index (κ3) is 3.90. The first-order valence-corrected chi connectivity index (χ1v) is 18.8. The molecular formula is C53H34. The maximum Gasteiger partial charge on any atom is 0.0159 e. The molecule has 0 spiro atoms. The third-order valence-electron chi connectivity index (χ3n) is 12.6. The highest BCUT2D eigenvalue weighted by molar-refractivity contribution is 6.28. The van der Waals surface area contributed by atoms with Crippen molar-refractivity contribution in [2.45, 2.75) is 19.3 Å². The molecule has 0 amide bonds. The van der Waals surface area contributed by atoms with Crippen LogP contribution in [0, 0.1) is 0 Å². The van der Waals surface area contributed by atoms with Crippen LogP contribution >= 0.6 is 0 Å². The van der Waals surface area contributed by atoms with Crippen molar-refractivity contribution < 1.29 is 0 Å². The SMILES string of the molecule is CC1(C)c2cc3c4ccc(-c5ccc(-c6ccc7ccc8cccc9ccc6c7c89)cc5)cc4c4ccccc4c3cc2-c2c1ccc1ccccc21. The molecule has 0 unspecified atom stereocenters. The van der Waals surface area contributed by atoms with Crippen LogP contribution < -0.4 is 0 Å². The number of hydrogen-bond acceptors (Lipinski definition) is 0. The van der Waals surface area contributed by atoms with Gasteiger partial charge in [0.2, 0.25) is 0 Å². The fourth-order valence-corrected chi connectivity index (χ4v) is 9.96. The Morgan fingerprint density at radius 3 is 1.64 bits per heavy atom. The van der Waals surface area contributed by atoms with Crippen molar-refractivity contribution in [3.05, 3.63) is 181 Å². The molecule has 11 aromatic rings. The van der Waals surface area contributed by atoms with Gasteiger partial charge in [0, 0.05) is 5.41 Å². The quantitative estimate of drug-likeness (QED) is 0.161. The van der Waals surface area contributed by atoms with Gasteiger partial charge in [0.1, 0.15) is 0 Å². The van der Waals surface area contributed by atoms with Gasteiger partial charge in [0.25, 0.3) is 0 Å². The van der Waals surface area contributed by atoms with E-state index in [2.05, 4.69) is 184 Å². The van der Waals surface area contributed by atoms with E-state index in [0.717, 1.165) is 0 Å². The maximum absolute atomic E-state index is 2.51. The van der Waals surface area contributed by atoms with E-state index in [4.69, 9.17) is 0 Å². The van der Waals surface area contributed by atoms with Gasteiger partial charge in [-0.1, -0.05) is 166 Å². The largest absolute Gasteiger partial charge is 0.0616 e. The van der Waals surface area contributed by atoms with Crippen LogP contribution in [-0.4, -0.2) is 0 Å². The van der Waals surface area contributed by atoms with Crippen molar-refractivity contribution >= 4 is 75.4 Å². The zero-order valence-corrected chi connectivity index (χ0v) is 29.7. The van der Waals surface area contributed by atoms with Crippen molar-refractivity contribution in [1.29, 1.82) is 0 Å². The van der Waals surface area contributed by atoms with Gasteiger partial charge in [-0.3, -0.25) is 0 Å². The smallest absolute Gasteiger partial charge is 0.0159 e. The predicted molar refractivity (Wildman–Crippen MR) is 229 cm³/mol. The molecule has 1 aliphatic carbocycles. The molecule has 0 bridgehead atoms. The Morgan fingerprint density at radius 2 is 0.849 bits per heavy atom. The van der Waals surface area contributed by atoms with Crippen LogP contribution in [0.3, 0.4) is 0 Å². The minimum Gasteiger partial charge on any atom is -0.0616 e. The van der Waals surface area contributed by atoms with Gasteiger partial charge in [0.15, 0.2) is 0 Å². The van der Waals surface area contributed by atoms with Gasteiger partial charge in [-0.05, 0) is 138 Å². The van der Waals surface area contributed by atoms with Crippen LogP contribution in [0.2, 0.25) is 0 Å². The Morgan fingerprint density at radius 1 is 0.302 bits per heavy atom. The second-order valence-corrected chi connectivity index (χ2v) is 15.6. The van der Waals surface area contributed by atoms with E-state index in [1.807, 2.05) is 0 Å². The Bertz CT molecular complexity index is 3320. The van der Waals surface area contributed by atoms with Crippen LogP contribution in [0.1, 0.15) is 25.0 Å². The molecule has 0 radical (unpaired) electrons. The summed E-state index contributed by atoms with van der Waals surface area (Å²) in [6.45, 7) is 4.79. The summed E-state index contributed by atoms with van der Waals surface area (Å²) in [5, 5.41) is 18.5. The molecule has 0 nitrogen and oxygen atoms in total. The average molecular weight is 671 g/mol. The van der Waals surface area contributed by atoms with E-state index in [-0.39, 0.29) is 5.41 Å². The van der Waals surface area contributed by atoms with E-state index in [0.29, 0.717) is 0 Å². The summed E-state index contributed by atoms with van der Waals surface area (Å²) in [4.78, 5) is 0. The standard InChI is InChI=1S/C53H34/c1-53(2)48-27-23-32-8-3-4-11-39(32)52(48)47-29-45-41-13-6-5-12-40(41)44-28-37(22-25-42(44)46(45)30-49(47)53)31-14-16-33(17-15-31)38-24-20-36-19-18-34-9-7-10-35-21-26-43(38)51(36)50(34)35/h3-30H,1-2H3. The molecule has 0 N–H and O–H groups in total. The Labute approximate surface area is 307 Å². The number of benzene rings is 11. The Kier molecular flexibility index (Phi) is 5.66. The first kappa shape index (κ1) is 29.1. The van der Waals surface area contributed by atoms with Gasteiger partial charge >= 0.3 is 0 Å². The summed E-state index contributed by atoms with van der Waals surface area (Å²) in [7, 11) is 0. The van der Waals surface area contributed by atoms with E-state index in [1.54, 1.807) is 0 Å². The molecule has 12 rings (SSSR count). The summed E-state index contributed by atoms with van der Waals surface area (Å²) >= 11 is 0. The van der Waals surface area contributed by atoms with Crippen molar-refractivity contribution in [2.75, 3.05) is 0 Å². The van der Waals surface area contributed by atoms with Crippen LogP contribution in [0.15, 0.2) is 170 Å². The highest BCUT2D eigenvalue weighted by atomic mass is 14.4. The minimum absolute atomic E-state index is 0.0861. The lowest BCUT2D eigenvalue weighted by Gasteiger charge is -2.22.